The highest BCUT2D eigenvalue weighted by Gasteiger charge is 2.24. The van der Waals surface area contributed by atoms with Crippen molar-refractivity contribution in [1.82, 2.24) is 10.2 Å². The average Bonchev–Trinajstić information content (AvgIpc) is 2.35. The zero-order valence-electron chi connectivity index (χ0n) is 9.99. The lowest BCUT2D eigenvalue weighted by atomic mass is 9.96. The molecule has 92 valence electrons. The van der Waals surface area contributed by atoms with Crippen molar-refractivity contribution in [3.8, 4) is 0 Å². The van der Waals surface area contributed by atoms with Crippen LogP contribution in [0.5, 0.6) is 0 Å². The van der Waals surface area contributed by atoms with Crippen molar-refractivity contribution < 1.29 is 14.3 Å². The number of methoxy groups -OCH3 is 1. The van der Waals surface area contributed by atoms with Crippen molar-refractivity contribution in [1.29, 1.82) is 0 Å². The van der Waals surface area contributed by atoms with Crippen LogP contribution in [0.4, 0.5) is 0 Å². The molecule has 1 heterocycles. The lowest BCUT2D eigenvalue weighted by Gasteiger charge is -2.30. The third kappa shape index (κ3) is 3.81. The fourth-order valence-electron chi connectivity index (χ4n) is 1.97. The predicted molar refractivity (Wildman–Crippen MR) is 59.9 cm³/mol. The zero-order chi connectivity index (χ0) is 12.0. The Balaban J connectivity index is 2.22. The van der Waals surface area contributed by atoms with E-state index in [1.807, 2.05) is 0 Å². The van der Waals surface area contributed by atoms with Crippen LogP contribution in [0, 0.1) is 5.92 Å². The number of nitrogens with zero attached hydrogens (tertiary/aromatic N) is 1. The van der Waals surface area contributed by atoms with Gasteiger partial charge in [-0.05, 0) is 25.9 Å². The quantitative estimate of drug-likeness (QED) is 0.688. The molecule has 0 aromatic rings. The highest BCUT2D eigenvalue weighted by atomic mass is 16.5. The molecule has 0 saturated carbocycles. The number of hydrogen-bond donors (Lipinski definition) is 1. The maximum absolute atomic E-state index is 11.4. The third-order valence-electron chi connectivity index (χ3n) is 3.06. The van der Waals surface area contributed by atoms with E-state index < -0.39 is 0 Å². The van der Waals surface area contributed by atoms with Crippen LogP contribution in [0.1, 0.15) is 19.3 Å². The van der Waals surface area contributed by atoms with Crippen LogP contribution in [-0.2, 0) is 14.3 Å². The summed E-state index contributed by atoms with van der Waals surface area (Å²) >= 11 is 0. The molecule has 0 radical (unpaired) electrons. The van der Waals surface area contributed by atoms with Gasteiger partial charge >= 0.3 is 5.97 Å². The number of nitrogens with one attached hydrogen (secondary N) is 1. The fraction of sp³-hybridized carbons (Fsp3) is 0.818. The molecular formula is C11H20N2O3. The topological polar surface area (TPSA) is 58.6 Å². The summed E-state index contributed by atoms with van der Waals surface area (Å²) in [4.78, 5) is 24.5. The Bertz CT molecular complexity index is 248. The number of rotatable bonds is 4. The summed E-state index contributed by atoms with van der Waals surface area (Å²) in [7, 11) is 3.08. The molecule has 5 heteroatoms. The lowest BCUT2D eigenvalue weighted by Crippen LogP contribution is -2.40. The number of amides is 1. The molecule has 1 amide bonds. The van der Waals surface area contributed by atoms with Gasteiger partial charge in [0.05, 0.1) is 13.5 Å². The van der Waals surface area contributed by atoms with Crippen LogP contribution in [0.15, 0.2) is 0 Å². The summed E-state index contributed by atoms with van der Waals surface area (Å²) in [5, 5.41) is 2.68. The van der Waals surface area contributed by atoms with Crippen molar-refractivity contribution in [2.75, 3.05) is 33.8 Å². The maximum atomic E-state index is 11.4. The van der Waals surface area contributed by atoms with E-state index in [2.05, 4.69) is 15.0 Å². The van der Waals surface area contributed by atoms with Gasteiger partial charge in [-0.15, -0.1) is 0 Å². The molecule has 1 aliphatic heterocycles. The first-order chi connectivity index (χ1) is 7.67. The number of hydrogen-bond acceptors (Lipinski definition) is 4. The molecule has 5 nitrogen and oxygen atoms in total. The molecule has 0 aliphatic carbocycles. The van der Waals surface area contributed by atoms with Crippen molar-refractivity contribution in [2.45, 2.75) is 19.3 Å². The summed E-state index contributed by atoms with van der Waals surface area (Å²) in [6.45, 7) is 2.50. The lowest BCUT2D eigenvalue weighted by molar-refractivity contribution is -0.141. The van der Waals surface area contributed by atoms with Crippen LogP contribution in [0.2, 0.25) is 0 Å². The number of esters is 1. The second-order valence-electron chi connectivity index (χ2n) is 4.06. The van der Waals surface area contributed by atoms with Gasteiger partial charge in [-0.25, -0.2) is 0 Å². The summed E-state index contributed by atoms with van der Waals surface area (Å²) < 4.78 is 4.59. The zero-order valence-corrected chi connectivity index (χ0v) is 9.99. The first-order valence-electron chi connectivity index (χ1n) is 5.68. The minimum Gasteiger partial charge on any atom is -0.469 e. The maximum Gasteiger partial charge on any atom is 0.306 e. The first kappa shape index (κ1) is 13.0. The molecular weight excluding hydrogens is 208 g/mol. The Hall–Kier alpha value is -1.10. The van der Waals surface area contributed by atoms with Gasteiger partial charge in [0, 0.05) is 19.5 Å². The van der Waals surface area contributed by atoms with Gasteiger partial charge in [0.2, 0.25) is 5.91 Å². The Morgan fingerprint density at radius 1 is 1.38 bits per heavy atom. The number of ether oxygens (including phenoxy) is 1. The molecule has 1 fully saturated rings. The molecule has 1 aliphatic rings. The van der Waals surface area contributed by atoms with E-state index in [1.54, 1.807) is 7.05 Å². The van der Waals surface area contributed by atoms with Gasteiger partial charge in [-0.1, -0.05) is 0 Å². The minimum atomic E-state index is -0.173. The molecule has 0 aromatic carbocycles. The normalized spacial score (nSPS) is 18.1. The molecule has 0 atom stereocenters. The second kappa shape index (κ2) is 6.48. The molecule has 0 aromatic heterocycles. The van der Waals surface area contributed by atoms with Crippen LogP contribution < -0.4 is 5.32 Å². The van der Waals surface area contributed by atoms with E-state index in [0.29, 0.717) is 6.42 Å². The van der Waals surface area contributed by atoms with E-state index in [1.165, 1.54) is 7.11 Å². The van der Waals surface area contributed by atoms with Crippen molar-refractivity contribution >= 4 is 11.9 Å². The molecule has 1 N–H and O–H groups in total. The van der Waals surface area contributed by atoms with E-state index in [9.17, 15) is 9.59 Å². The number of carbonyl (C=O) groups is 2. The number of likely N-dealkylation sites (tertiary alicyclic amines) is 1. The number of piperidine rings is 1. The fourth-order valence-corrected chi connectivity index (χ4v) is 1.97. The van der Waals surface area contributed by atoms with Gasteiger partial charge in [-0.2, -0.15) is 0 Å². The highest BCUT2D eigenvalue weighted by molar-refractivity contribution is 5.78. The minimum absolute atomic E-state index is 0.132. The Morgan fingerprint density at radius 2 is 2.00 bits per heavy atom. The highest BCUT2D eigenvalue weighted by Crippen LogP contribution is 2.17. The average molecular weight is 228 g/mol. The van der Waals surface area contributed by atoms with Crippen LogP contribution in [-0.4, -0.2) is 50.6 Å². The van der Waals surface area contributed by atoms with Crippen molar-refractivity contribution in [3.63, 3.8) is 0 Å². The van der Waals surface area contributed by atoms with Gasteiger partial charge < -0.3 is 15.0 Å². The summed E-state index contributed by atoms with van der Waals surface area (Å²) in [5.41, 5.74) is 0. The van der Waals surface area contributed by atoms with E-state index >= 15 is 0 Å². The van der Waals surface area contributed by atoms with Crippen LogP contribution >= 0.6 is 0 Å². The summed E-state index contributed by atoms with van der Waals surface area (Å²) in [6, 6.07) is 0. The van der Waals surface area contributed by atoms with Gasteiger partial charge in [0.1, 0.15) is 0 Å². The Morgan fingerprint density at radius 3 is 2.50 bits per heavy atom. The van der Waals surface area contributed by atoms with Gasteiger partial charge in [0.15, 0.2) is 0 Å². The van der Waals surface area contributed by atoms with Crippen molar-refractivity contribution in [3.05, 3.63) is 0 Å². The number of carbonyl (C=O) groups excluding carboxylic acids is 2. The smallest absolute Gasteiger partial charge is 0.306 e. The van der Waals surface area contributed by atoms with Crippen LogP contribution in [0.3, 0.4) is 0 Å². The van der Waals surface area contributed by atoms with E-state index in [-0.39, 0.29) is 17.8 Å². The van der Waals surface area contributed by atoms with E-state index in [4.69, 9.17) is 0 Å². The largest absolute Gasteiger partial charge is 0.469 e. The molecule has 0 bridgehead atoms. The molecule has 0 unspecified atom stereocenters. The van der Waals surface area contributed by atoms with E-state index in [0.717, 1.165) is 32.5 Å². The molecule has 16 heavy (non-hydrogen) atoms. The van der Waals surface area contributed by atoms with Crippen molar-refractivity contribution in [2.24, 2.45) is 5.92 Å². The molecule has 1 rings (SSSR count). The Labute approximate surface area is 96.1 Å². The third-order valence-corrected chi connectivity index (χ3v) is 3.06. The predicted octanol–water partition coefficient (Wildman–Crippen LogP) is 0.00750. The SMILES string of the molecule is CNC(=O)C1CCN(CCC(=O)OC)CC1. The second-order valence-corrected chi connectivity index (χ2v) is 4.06. The van der Waals surface area contributed by atoms with Gasteiger partial charge in [0.25, 0.3) is 0 Å². The van der Waals surface area contributed by atoms with Crippen LogP contribution in [0.25, 0.3) is 0 Å². The standard InChI is InChI=1S/C11H20N2O3/c1-12-11(15)9-3-6-13(7-4-9)8-5-10(14)16-2/h9H,3-8H2,1-2H3,(H,12,15). The summed E-state index contributed by atoms with van der Waals surface area (Å²) in [5.74, 6) is 0.0976. The molecule has 0 spiro atoms. The Kier molecular flexibility index (Phi) is 5.25. The summed E-state index contributed by atoms with van der Waals surface area (Å²) in [6.07, 6.45) is 2.18. The first-order valence-corrected chi connectivity index (χ1v) is 5.68. The van der Waals surface area contributed by atoms with Gasteiger partial charge in [-0.3, -0.25) is 9.59 Å². The molecule has 1 saturated heterocycles. The monoisotopic (exact) mass is 228 g/mol.